The Kier molecular flexibility index (Phi) is 5.87. The third kappa shape index (κ3) is 4.15. The number of aromatic nitrogens is 1. The summed E-state index contributed by atoms with van der Waals surface area (Å²) in [7, 11) is 0. The zero-order chi connectivity index (χ0) is 30.9. The molecular weight excluding hydrogens is 593 g/mol. The molecule has 0 atom stereocenters. The van der Waals surface area contributed by atoms with Gasteiger partial charge in [0.05, 0.1) is 16.3 Å². The first kappa shape index (κ1) is 26.5. The number of fused-ring (bicyclic) bond motifs is 6. The number of rotatable bonds is 5. The van der Waals surface area contributed by atoms with Crippen LogP contribution in [0.25, 0.3) is 70.6 Å². The number of allylic oxidation sites excluding steroid dienone is 4. The summed E-state index contributed by atoms with van der Waals surface area (Å²) in [4.78, 5) is 8.76. The zero-order valence-corrected chi connectivity index (χ0v) is 26.3. The van der Waals surface area contributed by atoms with Crippen LogP contribution in [0.3, 0.4) is 0 Å². The second-order valence-electron chi connectivity index (χ2n) is 12.2. The highest BCUT2D eigenvalue weighted by molar-refractivity contribution is 7.19. The lowest BCUT2D eigenvalue weighted by Crippen LogP contribution is -2.10. The van der Waals surface area contributed by atoms with Gasteiger partial charge in [0.15, 0.2) is 5.58 Å². The van der Waals surface area contributed by atoms with E-state index in [0.29, 0.717) is 0 Å². The molecule has 47 heavy (non-hydrogen) atoms. The van der Waals surface area contributed by atoms with Gasteiger partial charge in [-0.15, -0.1) is 11.3 Å². The van der Waals surface area contributed by atoms with Gasteiger partial charge in [-0.05, 0) is 83.3 Å². The first-order valence-electron chi connectivity index (χ1n) is 16.1. The van der Waals surface area contributed by atoms with Crippen LogP contribution in [0.4, 0.5) is 17.1 Å². The van der Waals surface area contributed by atoms with Crippen molar-refractivity contribution in [2.24, 2.45) is 0 Å². The molecule has 3 nitrogen and oxygen atoms in total. The van der Waals surface area contributed by atoms with Gasteiger partial charge in [0, 0.05) is 38.8 Å². The molecule has 0 saturated carbocycles. The van der Waals surface area contributed by atoms with Crippen LogP contribution in [0.1, 0.15) is 18.4 Å². The molecule has 0 amide bonds. The highest BCUT2D eigenvalue weighted by Crippen LogP contribution is 2.51. The van der Waals surface area contributed by atoms with E-state index in [-0.39, 0.29) is 0 Å². The minimum absolute atomic E-state index is 0.881. The van der Waals surface area contributed by atoms with Gasteiger partial charge in [-0.3, -0.25) is 0 Å². The monoisotopic (exact) mass is 620 g/mol. The summed E-state index contributed by atoms with van der Waals surface area (Å²) in [6.45, 7) is 0. The number of furan rings is 1. The molecule has 6 aromatic carbocycles. The highest BCUT2D eigenvalue weighted by atomic mass is 32.1. The molecule has 0 saturated heterocycles. The van der Waals surface area contributed by atoms with Crippen molar-refractivity contribution in [3.63, 3.8) is 0 Å². The predicted octanol–water partition coefficient (Wildman–Crippen LogP) is 12.7. The standard InChI is InChI=1S/C43H28N2OS/c1-2-9-27(10-3-1)28-19-23-31(24-20-28)45(37-17-8-14-34-33-13-4-5-18-38(33)46-41(34)37)32-25-21-30(22-26-32)43-44-40-35-15-6-11-29-12-7-16-36(39(29)35)42(40)47-43/h1-2,4-9,11-26H,3,10H2. The maximum Gasteiger partial charge on any atom is 0.159 e. The van der Waals surface area contributed by atoms with Crippen molar-refractivity contribution >= 4 is 66.7 Å². The van der Waals surface area contributed by atoms with E-state index in [0.717, 1.165) is 68.1 Å². The van der Waals surface area contributed by atoms with Gasteiger partial charge in [0.1, 0.15) is 10.6 Å². The normalized spacial score (nSPS) is 13.4. The molecule has 2 heterocycles. The average molecular weight is 621 g/mol. The molecule has 4 heteroatoms. The molecule has 0 aliphatic heterocycles. The average Bonchev–Trinajstić information content (AvgIpc) is 3.83. The van der Waals surface area contributed by atoms with E-state index >= 15 is 0 Å². The molecule has 0 radical (unpaired) electrons. The van der Waals surface area contributed by atoms with E-state index in [1.165, 1.54) is 37.9 Å². The number of hydrogen-bond donors (Lipinski definition) is 0. The number of nitrogens with zero attached hydrogens (tertiary/aromatic N) is 2. The summed E-state index contributed by atoms with van der Waals surface area (Å²) in [6.07, 6.45) is 8.79. The van der Waals surface area contributed by atoms with E-state index in [4.69, 9.17) is 9.40 Å². The number of thiazole rings is 1. The smallest absolute Gasteiger partial charge is 0.159 e. The fraction of sp³-hybridized carbons (Fsp3) is 0.0465. The largest absolute Gasteiger partial charge is 0.454 e. The van der Waals surface area contributed by atoms with Crippen molar-refractivity contribution in [2.75, 3.05) is 4.90 Å². The summed E-state index contributed by atoms with van der Waals surface area (Å²) in [5.41, 5.74) is 12.3. The number of benzene rings is 6. The predicted molar refractivity (Wildman–Crippen MR) is 198 cm³/mol. The van der Waals surface area contributed by atoms with Crippen molar-refractivity contribution in [1.29, 1.82) is 0 Å². The van der Waals surface area contributed by atoms with Crippen molar-refractivity contribution in [3.05, 3.63) is 151 Å². The first-order valence-corrected chi connectivity index (χ1v) is 16.9. The Labute approximate surface area is 276 Å². The molecule has 10 rings (SSSR count). The molecule has 2 aliphatic carbocycles. The van der Waals surface area contributed by atoms with Crippen molar-refractivity contribution in [2.45, 2.75) is 12.8 Å². The molecule has 0 fully saturated rings. The van der Waals surface area contributed by atoms with Crippen LogP contribution in [0, 0.1) is 0 Å². The summed E-state index contributed by atoms with van der Waals surface area (Å²) in [5.74, 6) is 0. The minimum atomic E-state index is 0.881. The Hall–Kier alpha value is -5.71. The van der Waals surface area contributed by atoms with Crippen LogP contribution < -0.4 is 4.90 Å². The van der Waals surface area contributed by atoms with Crippen LogP contribution in [0.5, 0.6) is 0 Å². The summed E-state index contributed by atoms with van der Waals surface area (Å²) in [5, 5.41) is 5.88. The Balaban J connectivity index is 1.08. The van der Waals surface area contributed by atoms with Gasteiger partial charge in [-0.1, -0.05) is 97.1 Å². The van der Waals surface area contributed by atoms with Gasteiger partial charge < -0.3 is 9.32 Å². The van der Waals surface area contributed by atoms with Crippen LogP contribution in [0.2, 0.25) is 0 Å². The number of hydrogen-bond acceptors (Lipinski definition) is 4. The molecule has 0 bridgehead atoms. The van der Waals surface area contributed by atoms with Gasteiger partial charge in [-0.25, -0.2) is 4.98 Å². The molecule has 0 N–H and O–H groups in total. The lowest BCUT2D eigenvalue weighted by molar-refractivity contribution is 0.669. The molecule has 0 spiro atoms. The molecule has 222 valence electrons. The lowest BCUT2D eigenvalue weighted by atomic mass is 9.97. The van der Waals surface area contributed by atoms with Gasteiger partial charge in [-0.2, -0.15) is 0 Å². The summed E-state index contributed by atoms with van der Waals surface area (Å²) < 4.78 is 6.54. The number of anilines is 3. The Morgan fingerprint density at radius 1 is 0.660 bits per heavy atom. The zero-order valence-electron chi connectivity index (χ0n) is 25.5. The first-order chi connectivity index (χ1) is 23.3. The molecule has 8 aromatic rings. The van der Waals surface area contributed by atoms with Crippen molar-refractivity contribution < 1.29 is 4.42 Å². The van der Waals surface area contributed by atoms with E-state index < -0.39 is 0 Å². The van der Waals surface area contributed by atoms with E-state index in [1.54, 1.807) is 11.3 Å². The van der Waals surface area contributed by atoms with E-state index in [1.807, 2.05) is 12.1 Å². The molecule has 2 aliphatic rings. The second-order valence-corrected chi connectivity index (χ2v) is 13.2. The summed E-state index contributed by atoms with van der Waals surface area (Å²) in [6, 6.07) is 45.6. The van der Waals surface area contributed by atoms with Gasteiger partial charge in [0.25, 0.3) is 0 Å². The van der Waals surface area contributed by atoms with E-state index in [2.05, 4.69) is 138 Å². The van der Waals surface area contributed by atoms with Crippen molar-refractivity contribution in [3.8, 4) is 32.3 Å². The quantitative estimate of drug-likeness (QED) is 0.192. The highest BCUT2D eigenvalue weighted by Gasteiger charge is 2.26. The summed E-state index contributed by atoms with van der Waals surface area (Å²) >= 11 is 1.78. The van der Waals surface area contributed by atoms with E-state index in [9.17, 15) is 0 Å². The third-order valence-electron chi connectivity index (χ3n) is 9.54. The molecular formula is C43H28N2OS. The fourth-order valence-electron chi connectivity index (χ4n) is 7.29. The van der Waals surface area contributed by atoms with Crippen LogP contribution in [-0.2, 0) is 0 Å². The van der Waals surface area contributed by atoms with Gasteiger partial charge >= 0.3 is 0 Å². The second kappa shape index (κ2) is 10.4. The lowest BCUT2D eigenvalue weighted by Gasteiger charge is -2.26. The topological polar surface area (TPSA) is 29.3 Å². The minimum Gasteiger partial charge on any atom is -0.454 e. The van der Waals surface area contributed by atoms with Crippen molar-refractivity contribution in [1.82, 2.24) is 4.98 Å². The molecule has 0 unspecified atom stereocenters. The SMILES string of the molecule is C1=CCCC(c2ccc(N(c3ccc(-c4nc5c(s4)-c4cccc6cccc-5c46)cc3)c3cccc4c3oc3ccccc34)cc2)=C1. The fourth-order valence-corrected chi connectivity index (χ4v) is 8.41. The molecule has 2 aromatic heterocycles. The number of para-hydroxylation sites is 2. The van der Waals surface area contributed by atoms with Crippen LogP contribution >= 0.6 is 11.3 Å². The Morgan fingerprint density at radius 2 is 1.38 bits per heavy atom. The maximum atomic E-state index is 6.54. The van der Waals surface area contributed by atoms with Crippen LogP contribution in [0.15, 0.2) is 150 Å². The third-order valence-corrected chi connectivity index (χ3v) is 10.7. The Morgan fingerprint density at radius 3 is 2.17 bits per heavy atom. The maximum absolute atomic E-state index is 6.54. The van der Waals surface area contributed by atoms with Gasteiger partial charge in [0.2, 0.25) is 0 Å². The van der Waals surface area contributed by atoms with Crippen LogP contribution in [-0.4, -0.2) is 4.98 Å². The Bertz CT molecular complexity index is 2510.